The maximum Gasteiger partial charge on any atom is 0.278 e. The molecule has 0 bridgehead atoms. The Balaban J connectivity index is 1.55. The summed E-state index contributed by atoms with van der Waals surface area (Å²) in [6.45, 7) is 13.7. The van der Waals surface area contributed by atoms with Crippen molar-refractivity contribution in [2.24, 2.45) is 0 Å². The first kappa shape index (κ1) is 28.4. The summed E-state index contributed by atoms with van der Waals surface area (Å²) in [5.74, 6) is 1.49. The topological polar surface area (TPSA) is 94.0 Å². The van der Waals surface area contributed by atoms with Crippen LogP contribution in [0.5, 0.6) is 17.2 Å². The number of anilines is 1. The van der Waals surface area contributed by atoms with Gasteiger partial charge in [-0.1, -0.05) is 32.1 Å². The largest absolute Gasteiger partial charge is 0.497 e. The van der Waals surface area contributed by atoms with Gasteiger partial charge in [0.15, 0.2) is 5.69 Å². The molecule has 0 atom stereocenters. The number of amides is 1. The lowest BCUT2D eigenvalue weighted by molar-refractivity contribution is 0.102. The second-order valence-electron chi connectivity index (χ2n) is 10.9. The van der Waals surface area contributed by atoms with Crippen LogP contribution in [0.25, 0.3) is 5.69 Å². The van der Waals surface area contributed by atoms with Crippen molar-refractivity contribution in [2.45, 2.75) is 33.1 Å². The number of nitrogens with one attached hydrogen (secondary N) is 1. The zero-order valence-corrected chi connectivity index (χ0v) is 24.1. The summed E-state index contributed by atoms with van der Waals surface area (Å²) in [7, 11) is 5.32. The molecule has 2 aromatic carbocycles. The van der Waals surface area contributed by atoms with Crippen LogP contribution in [-0.2, 0) is 5.41 Å². The number of hydrogen-bond acceptors (Lipinski definition) is 8. The van der Waals surface area contributed by atoms with Crippen LogP contribution in [0.15, 0.2) is 36.4 Å². The molecular formula is C29H40N6O4. The molecule has 0 aliphatic carbocycles. The molecule has 10 nitrogen and oxygen atoms in total. The predicted octanol–water partition coefficient (Wildman–Crippen LogP) is 3.77. The fourth-order valence-corrected chi connectivity index (χ4v) is 4.49. The molecule has 39 heavy (non-hydrogen) atoms. The van der Waals surface area contributed by atoms with Crippen molar-refractivity contribution in [3.63, 3.8) is 0 Å². The van der Waals surface area contributed by atoms with E-state index in [0.29, 0.717) is 40.9 Å². The van der Waals surface area contributed by atoms with Crippen molar-refractivity contribution in [3.8, 4) is 22.9 Å². The van der Waals surface area contributed by atoms with E-state index in [1.165, 1.54) is 0 Å². The second-order valence-corrected chi connectivity index (χ2v) is 10.9. The number of carbonyl (C=O) groups excluding carboxylic acids is 1. The highest BCUT2D eigenvalue weighted by atomic mass is 16.5. The van der Waals surface area contributed by atoms with Gasteiger partial charge in [-0.2, -0.15) is 0 Å². The van der Waals surface area contributed by atoms with Crippen LogP contribution in [0, 0.1) is 6.92 Å². The van der Waals surface area contributed by atoms with Crippen LogP contribution in [0.4, 0.5) is 5.69 Å². The Morgan fingerprint density at radius 2 is 1.72 bits per heavy atom. The average molecular weight is 537 g/mol. The van der Waals surface area contributed by atoms with Crippen LogP contribution < -0.4 is 19.5 Å². The Morgan fingerprint density at radius 3 is 2.38 bits per heavy atom. The molecule has 0 spiro atoms. The second kappa shape index (κ2) is 12.0. The minimum absolute atomic E-state index is 0.0974. The third kappa shape index (κ3) is 6.69. The van der Waals surface area contributed by atoms with Crippen LogP contribution in [-0.4, -0.2) is 91.3 Å². The molecule has 1 amide bonds. The van der Waals surface area contributed by atoms with Crippen molar-refractivity contribution in [2.75, 3.05) is 65.9 Å². The van der Waals surface area contributed by atoms with Gasteiger partial charge in [0, 0.05) is 38.8 Å². The van der Waals surface area contributed by atoms with Gasteiger partial charge in [0.25, 0.3) is 5.91 Å². The van der Waals surface area contributed by atoms with Gasteiger partial charge in [0.05, 0.1) is 25.6 Å². The predicted molar refractivity (Wildman–Crippen MR) is 152 cm³/mol. The van der Waals surface area contributed by atoms with Crippen molar-refractivity contribution in [3.05, 3.63) is 53.3 Å². The van der Waals surface area contributed by atoms with Crippen molar-refractivity contribution >= 4 is 11.6 Å². The normalized spacial score (nSPS) is 14.7. The molecular weight excluding hydrogens is 496 g/mol. The van der Waals surface area contributed by atoms with Crippen molar-refractivity contribution < 1.29 is 19.0 Å². The number of methoxy groups -OCH3 is 2. The lowest BCUT2D eigenvalue weighted by Crippen LogP contribution is -2.45. The van der Waals surface area contributed by atoms with Crippen LogP contribution in [0.1, 0.15) is 42.5 Å². The highest BCUT2D eigenvalue weighted by molar-refractivity contribution is 6.04. The Morgan fingerprint density at radius 1 is 1.00 bits per heavy atom. The third-order valence-electron chi connectivity index (χ3n) is 7.08. The van der Waals surface area contributed by atoms with E-state index < -0.39 is 0 Å². The fraction of sp³-hybridized carbons (Fsp3) is 0.483. The molecule has 210 valence electrons. The van der Waals surface area contributed by atoms with Crippen molar-refractivity contribution in [1.29, 1.82) is 0 Å². The number of aromatic nitrogens is 3. The molecule has 0 saturated carbocycles. The van der Waals surface area contributed by atoms with Gasteiger partial charge in [0.1, 0.15) is 29.5 Å². The smallest absolute Gasteiger partial charge is 0.278 e. The fourth-order valence-electron chi connectivity index (χ4n) is 4.49. The quantitative estimate of drug-likeness (QED) is 0.442. The monoisotopic (exact) mass is 536 g/mol. The molecule has 1 fully saturated rings. The minimum atomic E-state index is -0.365. The zero-order valence-electron chi connectivity index (χ0n) is 24.1. The standard InChI is InChI=1S/C29H40N6O4/c1-20-27(31-32-35(20)24-19-22(37-6)9-11-26(24)38-7)28(36)30-23-18-21(29(2,3)4)8-10-25(23)39-17-16-34-14-12-33(5)13-15-34/h8-11,18-19H,12-17H2,1-7H3,(H,30,36). The van der Waals surface area contributed by atoms with Gasteiger partial charge in [-0.25, -0.2) is 4.68 Å². The summed E-state index contributed by atoms with van der Waals surface area (Å²) in [6, 6.07) is 11.4. The van der Waals surface area contributed by atoms with E-state index in [1.54, 1.807) is 44.0 Å². The number of hydrogen-bond donors (Lipinski definition) is 1. The zero-order chi connectivity index (χ0) is 28.2. The van der Waals surface area contributed by atoms with Crippen LogP contribution in [0.3, 0.4) is 0 Å². The van der Waals surface area contributed by atoms with Gasteiger partial charge in [-0.15, -0.1) is 5.10 Å². The molecule has 1 saturated heterocycles. The summed E-state index contributed by atoms with van der Waals surface area (Å²) in [4.78, 5) is 18.2. The Kier molecular flexibility index (Phi) is 8.76. The van der Waals surface area contributed by atoms with E-state index >= 15 is 0 Å². The lowest BCUT2D eigenvalue weighted by atomic mass is 9.87. The van der Waals surface area contributed by atoms with E-state index in [2.05, 4.69) is 59.3 Å². The highest BCUT2D eigenvalue weighted by Crippen LogP contribution is 2.33. The van der Waals surface area contributed by atoms with Crippen LogP contribution in [0.2, 0.25) is 0 Å². The average Bonchev–Trinajstić information content (AvgIpc) is 3.30. The number of rotatable bonds is 9. The maximum absolute atomic E-state index is 13.5. The summed E-state index contributed by atoms with van der Waals surface area (Å²) in [5.41, 5.74) is 3.01. The molecule has 1 aromatic heterocycles. The first-order valence-electron chi connectivity index (χ1n) is 13.2. The Labute approximate surface area is 230 Å². The molecule has 0 radical (unpaired) electrons. The molecule has 1 aliphatic heterocycles. The van der Waals surface area contributed by atoms with Gasteiger partial charge in [0.2, 0.25) is 0 Å². The van der Waals surface area contributed by atoms with Crippen molar-refractivity contribution in [1.82, 2.24) is 24.8 Å². The number of ether oxygens (including phenoxy) is 3. The SMILES string of the molecule is COc1ccc(OC)c(-n2nnc(C(=O)Nc3cc(C(C)(C)C)ccc3OCCN3CCN(C)CC3)c2C)c1. The Hall–Kier alpha value is -3.63. The Bertz CT molecular complexity index is 1290. The van der Waals surface area contributed by atoms with Crippen LogP contribution >= 0.6 is 0 Å². The number of nitrogens with zero attached hydrogens (tertiary/aromatic N) is 5. The van der Waals surface area contributed by atoms with E-state index in [9.17, 15) is 4.79 Å². The van der Waals surface area contributed by atoms with E-state index in [4.69, 9.17) is 14.2 Å². The summed E-state index contributed by atoms with van der Waals surface area (Å²) in [6.07, 6.45) is 0. The number of benzene rings is 2. The molecule has 4 rings (SSSR count). The summed E-state index contributed by atoms with van der Waals surface area (Å²) < 4.78 is 18.6. The van der Waals surface area contributed by atoms with Gasteiger partial charge in [-0.3, -0.25) is 9.69 Å². The molecule has 2 heterocycles. The molecule has 0 unspecified atom stereocenters. The molecule has 10 heteroatoms. The van der Waals surface area contributed by atoms with Gasteiger partial charge in [-0.05, 0) is 49.2 Å². The molecule has 3 aromatic rings. The highest BCUT2D eigenvalue weighted by Gasteiger charge is 2.23. The first-order valence-corrected chi connectivity index (χ1v) is 13.2. The molecule has 1 aliphatic rings. The van der Waals surface area contributed by atoms with E-state index in [0.717, 1.165) is 38.3 Å². The lowest BCUT2D eigenvalue weighted by Gasteiger charge is -2.32. The minimum Gasteiger partial charge on any atom is -0.497 e. The summed E-state index contributed by atoms with van der Waals surface area (Å²) in [5, 5.41) is 11.5. The van der Waals surface area contributed by atoms with E-state index in [1.807, 2.05) is 12.1 Å². The van der Waals surface area contributed by atoms with Gasteiger partial charge >= 0.3 is 0 Å². The number of carbonyl (C=O) groups is 1. The number of likely N-dealkylation sites (N-methyl/N-ethyl adjacent to an activating group) is 1. The van der Waals surface area contributed by atoms with Gasteiger partial charge < -0.3 is 24.4 Å². The van der Waals surface area contributed by atoms with E-state index in [-0.39, 0.29) is 17.0 Å². The molecule has 1 N–H and O–H groups in total. The summed E-state index contributed by atoms with van der Waals surface area (Å²) >= 11 is 0. The number of piperazine rings is 1. The first-order chi connectivity index (χ1) is 18.6. The third-order valence-corrected chi connectivity index (χ3v) is 7.08. The maximum atomic E-state index is 13.5.